The number of urea groups is 1. The summed E-state index contributed by atoms with van der Waals surface area (Å²) in [6, 6.07) is 3.12. The lowest BCUT2D eigenvalue weighted by Crippen LogP contribution is -2.41. The van der Waals surface area contributed by atoms with Gasteiger partial charge < -0.3 is 20.5 Å². The molecule has 7 heteroatoms. The molecule has 126 valence electrons. The van der Waals surface area contributed by atoms with E-state index in [1.165, 1.54) is 0 Å². The van der Waals surface area contributed by atoms with E-state index in [1.807, 2.05) is 13.8 Å². The van der Waals surface area contributed by atoms with Crippen molar-refractivity contribution in [1.82, 2.24) is 10.3 Å². The quantitative estimate of drug-likeness (QED) is 0.774. The van der Waals surface area contributed by atoms with Crippen molar-refractivity contribution in [3.05, 3.63) is 18.3 Å². The van der Waals surface area contributed by atoms with Gasteiger partial charge in [0.2, 0.25) is 5.88 Å². The summed E-state index contributed by atoms with van der Waals surface area (Å²) < 4.78 is 5.56. The van der Waals surface area contributed by atoms with Gasteiger partial charge in [0.15, 0.2) is 0 Å². The molecule has 2 amide bonds. The molecule has 1 aliphatic rings. The number of carbonyl (C=O) groups is 2. The van der Waals surface area contributed by atoms with E-state index >= 15 is 0 Å². The van der Waals surface area contributed by atoms with E-state index in [2.05, 4.69) is 15.6 Å². The SMILES string of the molecule is CC(C)Oc1ncccc1NC(=O)NC1CCC(C(=O)O)CC1. The van der Waals surface area contributed by atoms with Gasteiger partial charge >= 0.3 is 12.0 Å². The maximum Gasteiger partial charge on any atom is 0.319 e. The maximum atomic E-state index is 12.1. The van der Waals surface area contributed by atoms with Crippen molar-refractivity contribution < 1.29 is 19.4 Å². The molecule has 0 bridgehead atoms. The summed E-state index contributed by atoms with van der Waals surface area (Å²) in [6.45, 7) is 3.78. The van der Waals surface area contributed by atoms with Crippen LogP contribution in [0.15, 0.2) is 18.3 Å². The Balaban J connectivity index is 1.87. The van der Waals surface area contributed by atoms with Gasteiger partial charge in [-0.1, -0.05) is 0 Å². The fraction of sp³-hybridized carbons (Fsp3) is 0.562. The Bertz CT molecular complexity index is 554. The van der Waals surface area contributed by atoms with Crippen LogP contribution >= 0.6 is 0 Å². The molecule has 0 aromatic carbocycles. The summed E-state index contributed by atoms with van der Waals surface area (Å²) in [4.78, 5) is 27.2. The Kier molecular flexibility index (Phi) is 5.78. The molecule has 0 aliphatic heterocycles. The molecule has 23 heavy (non-hydrogen) atoms. The highest BCUT2D eigenvalue weighted by Crippen LogP contribution is 2.25. The number of nitrogens with one attached hydrogen (secondary N) is 2. The van der Waals surface area contributed by atoms with Gasteiger partial charge in [0.25, 0.3) is 0 Å². The Morgan fingerprint density at radius 3 is 2.61 bits per heavy atom. The predicted molar refractivity (Wildman–Crippen MR) is 85.5 cm³/mol. The zero-order valence-electron chi connectivity index (χ0n) is 13.4. The van der Waals surface area contributed by atoms with Gasteiger partial charge in [-0.3, -0.25) is 4.79 Å². The largest absolute Gasteiger partial charge is 0.481 e. The van der Waals surface area contributed by atoms with Crippen LogP contribution in [0.25, 0.3) is 0 Å². The lowest BCUT2D eigenvalue weighted by molar-refractivity contribution is -0.142. The molecule has 0 unspecified atom stereocenters. The van der Waals surface area contributed by atoms with E-state index < -0.39 is 5.97 Å². The van der Waals surface area contributed by atoms with Crippen molar-refractivity contribution in [1.29, 1.82) is 0 Å². The van der Waals surface area contributed by atoms with E-state index in [9.17, 15) is 9.59 Å². The average molecular weight is 321 g/mol. The van der Waals surface area contributed by atoms with Crippen molar-refractivity contribution in [2.45, 2.75) is 51.7 Å². The number of nitrogens with zero attached hydrogens (tertiary/aromatic N) is 1. The molecule has 2 rings (SSSR count). The molecule has 1 aromatic heterocycles. The second-order valence-corrected chi connectivity index (χ2v) is 6.01. The third-order valence-electron chi connectivity index (χ3n) is 3.78. The highest BCUT2D eigenvalue weighted by molar-refractivity contribution is 5.90. The minimum atomic E-state index is -0.751. The van der Waals surface area contributed by atoms with Crippen LogP contribution in [0.5, 0.6) is 5.88 Å². The summed E-state index contributed by atoms with van der Waals surface area (Å²) in [5, 5.41) is 14.6. The predicted octanol–water partition coefficient (Wildman–Crippen LogP) is 2.63. The molecule has 1 heterocycles. The van der Waals surface area contributed by atoms with Gasteiger partial charge in [-0.05, 0) is 51.7 Å². The van der Waals surface area contributed by atoms with Crippen LogP contribution in [0.1, 0.15) is 39.5 Å². The van der Waals surface area contributed by atoms with Gasteiger partial charge in [0, 0.05) is 12.2 Å². The summed E-state index contributed by atoms with van der Waals surface area (Å²) in [5.41, 5.74) is 0.512. The van der Waals surface area contributed by atoms with Crippen LogP contribution < -0.4 is 15.4 Å². The molecule has 0 radical (unpaired) electrons. The zero-order valence-corrected chi connectivity index (χ0v) is 13.4. The van der Waals surface area contributed by atoms with Crippen LogP contribution in [-0.2, 0) is 4.79 Å². The molecule has 0 saturated heterocycles. The van der Waals surface area contributed by atoms with E-state index in [1.54, 1.807) is 18.3 Å². The minimum Gasteiger partial charge on any atom is -0.481 e. The molecule has 1 aromatic rings. The Hall–Kier alpha value is -2.31. The fourth-order valence-electron chi connectivity index (χ4n) is 2.63. The average Bonchev–Trinajstić information content (AvgIpc) is 2.49. The second-order valence-electron chi connectivity index (χ2n) is 6.01. The van der Waals surface area contributed by atoms with E-state index in [4.69, 9.17) is 9.84 Å². The first-order valence-electron chi connectivity index (χ1n) is 7.87. The summed E-state index contributed by atoms with van der Waals surface area (Å²) >= 11 is 0. The molecular weight excluding hydrogens is 298 g/mol. The highest BCUT2D eigenvalue weighted by atomic mass is 16.5. The van der Waals surface area contributed by atoms with Gasteiger partial charge in [0.1, 0.15) is 5.69 Å². The molecular formula is C16H23N3O4. The van der Waals surface area contributed by atoms with Crippen LogP contribution in [0.4, 0.5) is 10.5 Å². The Labute approximate surface area is 135 Å². The lowest BCUT2D eigenvalue weighted by Gasteiger charge is -2.27. The maximum absolute atomic E-state index is 12.1. The van der Waals surface area contributed by atoms with Crippen molar-refractivity contribution in [3.63, 3.8) is 0 Å². The van der Waals surface area contributed by atoms with Crippen molar-refractivity contribution >= 4 is 17.7 Å². The number of rotatable bonds is 5. The number of pyridine rings is 1. The topological polar surface area (TPSA) is 101 Å². The number of ether oxygens (including phenoxy) is 1. The summed E-state index contributed by atoms with van der Waals surface area (Å²) in [7, 11) is 0. The van der Waals surface area contributed by atoms with E-state index in [-0.39, 0.29) is 24.1 Å². The number of aliphatic carboxylic acids is 1. The molecule has 7 nitrogen and oxygen atoms in total. The number of carbonyl (C=O) groups excluding carboxylic acids is 1. The third kappa shape index (κ3) is 5.12. The number of carboxylic acid groups (broad SMARTS) is 1. The van der Waals surface area contributed by atoms with Crippen molar-refractivity contribution in [2.24, 2.45) is 5.92 Å². The Morgan fingerprint density at radius 1 is 1.30 bits per heavy atom. The van der Waals surface area contributed by atoms with E-state index in [0.29, 0.717) is 37.3 Å². The molecule has 0 spiro atoms. The fourth-order valence-corrected chi connectivity index (χ4v) is 2.63. The van der Waals surface area contributed by atoms with Crippen LogP contribution in [0.2, 0.25) is 0 Å². The molecule has 1 aliphatic carbocycles. The van der Waals surface area contributed by atoms with Crippen LogP contribution in [-0.4, -0.2) is 34.2 Å². The van der Waals surface area contributed by atoms with Crippen LogP contribution in [0.3, 0.4) is 0 Å². The number of hydrogen-bond acceptors (Lipinski definition) is 4. The molecule has 1 fully saturated rings. The first-order chi connectivity index (χ1) is 11.0. The van der Waals surface area contributed by atoms with Gasteiger partial charge in [-0.15, -0.1) is 0 Å². The number of hydrogen-bond donors (Lipinski definition) is 3. The van der Waals surface area contributed by atoms with Gasteiger partial charge in [-0.25, -0.2) is 9.78 Å². The lowest BCUT2D eigenvalue weighted by atomic mass is 9.86. The molecule has 3 N–H and O–H groups in total. The minimum absolute atomic E-state index is 0.00302. The van der Waals surface area contributed by atoms with Crippen molar-refractivity contribution in [3.8, 4) is 5.88 Å². The second kappa shape index (κ2) is 7.80. The Morgan fingerprint density at radius 2 is 2.00 bits per heavy atom. The molecule has 1 saturated carbocycles. The van der Waals surface area contributed by atoms with Crippen molar-refractivity contribution in [2.75, 3.05) is 5.32 Å². The summed E-state index contributed by atoms with van der Waals surface area (Å²) in [5.74, 6) is -0.661. The summed E-state index contributed by atoms with van der Waals surface area (Å²) in [6.07, 6.45) is 4.09. The van der Waals surface area contributed by atoms with E-state index in [0.717, 1.165) is 0 Å². The number of anilines is 1. The number of carboxylic acids is 1. The first kappa shape index (κ1) is 17.1. The zero-order chi connectivity index (χ0) is 16.8. The van der Waals surface area contributed by atoms with Gasteiger partial charge in [-0.2, -0.15) is 0 Å². The standard InChI is InChI=1S/C16H23N3O4/c1-10(2)23-14-13(4-3-9-17-14)19-16(22)18-12-7-5-11(6-8-12)15(20)21/h3-4,9-12H,5-8H2,1-2H3,(H,20,21)(H2,18,19,22). The smallest absolute Gasteiger partial charge is 0.319 e. The first-order valence-corrected chi connectivity index (χ1v) is 7.87. The van der Waals surface area contributed by atoms with Gasteiger partial charge in [0.05, 0.1) is 12.0 Å². The number of amides is 2. The highest BCUT2D eigenvalue weighted by Gasteiger charge is 2.26. The normalized spacial score (nSPS) is 20.8. The van der Waals surface area contributed by atoms with Crippen LogP contribution in [0, 0.1) is 5.92 Å². The molecule has 0 atom stereocenters. The third-order valence-corrected chi connectivity index (χ3v) is 3.78. The monoisotopic (exact) mass is 321 g/mol. The number of aromatic nitrogens is 1.